The summed E-state index contributed by atoms with van der Waals surface area (Å²) in [4.78, 5) is 1.42. The van der Waals surface area contributed by atoms with E-state index in [1.165, 1.54) is 4.90 Å². The summed E-state index contributed by atoms with van der Waals surface area (Å²) in [7, 11) is 1.56. The molecule has 0 aromatic heterocycles. The van der Waals surface area contributed by atoms with Crippen LogP contribution in [-0.4, -0.2) is 43.8 Å². The summed E-state index contributed by atoms with van der Waals surface area (Å²) in [5.74, 6) is 0. The van der Waals surface area contributed by atoms with Crippen molar-refractivity contribution >= 4 is 12.4 Å². The summed E-state index contributed by atoms with van der Waals surface area (Å²) in [6.07, 6.45) is -1.44. The summed E-state index contributed by atoms with van der Waals surface area (Å²) >= 11 is 0. The topological polar surface area (TPSA) is 15.3 Å². The van der Waals surface area contributed by atoms with Crippen molar-refractivity contribution in [1.29, 1.82) is 0 Å². The molecule has 0 spiro atoms. The quantitative estimate of drug-likeness (QED) is 0.802. The van der Waals surface area contributed by atoms with Crippen LogP contribution in [0.5, 0.6) is 0 Å². The zero-order valence-corrected chi connectivity index (χ0v) is 9.63. The van der Waals surface area contributed by atoms with Crippen molar-refractivity contribution in [3.8, 4) is 0 Å². The van der Waals surface area contributed by atoms with Crippen LogP contribution >= 0.6 is 12.4 Å². The highest BCUT2D eigenvalue weighted by molar-refractivity contribution is 5.85. The van der Waals surface area contributed by atoms with E-state index in [0.717, 1.165) is 32.4 Å². The maximum absolute atomic E-state index is 12.1. The zero-order valence-electron chi connectivity index (χ0n) is 8.81. The molecule has 1 aliphatic heterocycles. The Hall–Kier alpha value is 0. The molecular weight excluding hydrogens is 229 g/mol. The number of nitrogens with one attached hydrogen (secondary N) is 1. The summed E-state index contributed by atoms with van der Waals surface area (Å²) in [5, 5.41) is 3.19. The molecule has 1 fully saturated rings. The van der Waals surface area contributed by atoms with Gasteiger partial charge in [-0.15, -0.1) is 12.4 Å². The van der Waals surface area contributed by atoms with E-state index in [1.807, 2.05) is 0 Å². The van der Waals surface area contributed by atoms with E-state index >= 15 is 0 Å². The molecule has 92 valence electrons. The molecule has 15 heavy (non-hydrogen) atoms. The predicted molar refractivity (Wildman–Crippen MR) is 56.4 cm³/mol. The van der Waals surface area contributed by atoms with Crippen molar-refractivity contribution in [2.24, 2.45) is 0 Å². The van der Waals surface area contributed by atoms with Crippen LogP contribution < -0.4 is 5.32 Å². The van der Waals surface area contributed by atoms with Crippen molar-refractivity contribution in [2.45, 2.75) is 31.5 Å². The Kier molecular flexibility index (Phi) is 6.55. The van der Waals surface area contributed by atoms with Crippen LogP contribution in [0.3, 0.4) is 0 Å². The van der Waals surface area contributed by atoms with E-state index in [9.17, 15) is 13.2 Å². The maximum Gasteiger partial charge on any atom is 0.401 e. The first-order chi connectivity index (χ1) is 6.49. The molecule has 1 atom stereocenters. The molecule has 0 radical (unpaired) electrons. The smallest absolute Gasteiger partial charge is 0.317 e. The summed E-state index contributed by atoms with van der Waals surface area (Å²) < 4.78 is 36.3. The van der Waals surface area contributed by atoms with Crippen molar-refractivity contribution < 1.29 is 13.2 Å². The number of halogens is 4. The Bertz CT molecular complexity index is 167. The van der Waals surface area contributed by atoms with Crippen LogP contribution in [-0.2, 0) is 0 Å². The lowest BCUT2D eigenvalue weighted by atomic mass is 10.1. The Morgan fingerprint density at radius 3 is 2.53 bits per heavy atom. The van der Waals surface area contributed by atoms with Gasteiger partial charge < -0.3 is 5.32 Å². The molecule has 1 unspecified atom stereocenters. The lowest BCUT2D eigenvalue weighted by Crippen LogP contribution is -2.39. The van der Waals surface area contributed by atoms with Crippen LogP contribution in [0.4, 0.5) is 13.2 Å². The fourth-order valence-corrected chi connectivity index (χ4v) is 1.85. The van der Waals surface area contributed by atoms with Gasteiger partial charge in [-0.2, -0.15) is 13.2 Å². The highest BCUT2D eigenvalue weighted by Gasteiger charge is 2.31. The number of rotatable bonds is 2. The second-order valence-corrected chi connectivity index (χ2v) is 3.87. The number of hydrogen-bond donors (Lipinski definition) is 1. The molecule has 0 amide bonds. The molecule has 1 saturated heterocycles. The standard InChI is InChI=1S/C9H17F3N2.ClH/c1-14(7-9(10,11)12)8-3-2-5-13-6-4-8;/h8,13H,2-7H2,1H3;1H. The van der Waals surface area contributed by atoms with Gasteiger partial charge in [-0.3, -0.25) is 4.90 Å². The van der Waals surface area contributed by atoms with Crippen LogP contribution in [0.25, 0.3) is 0 Å². The minimum Gasteiger partial charge on any atom is -0.317 e. The van der Waals surface area contributed by atoms with E-state index in [1.54, 1.807) is 7.05 Å². The molecule has 2 nitrogen and oxygen atoms in total. The van der Waals surface area contributed by atoms with Gasteiger partial charge in [0.25, 0.3) is 0 Å². The van der Waals surface area contributed by atoms with Crippen LogP contribution in [0, 0.1) is 0 Å². The summed E-state index contributed by atoms with van der Waals surface area (Å²) in [6.45, 7) is 0.959. The van der Waals surface area contributed by atoms with Crippen LogP contribution in [0.15, 0.2) is 0 Å². The minimum absolute atomic E-state index is 0. The first-order valence-corrected chi connectivity index (χ1v) is 4.97. The van der Waals surface area contributed by atoms with Gasteiger partial charge in [0.15, 0.2) is 0 Å². The number of alkyl halides is 3. The number of nitrogens with zero attached hydrogens (tertiary/aromatic N) is 1. The average molecular weight is 247 g/mol. The Labute approximate surface area is 94.6 Å². The second-order valence-electron chi connectivity index (χ2n) is 3.87. The molecule has 0 aromatic carbocycles. The van der Waals surface area contributed by atoms with E-state index in [4.69, 9.17) is 0 Å². The molecule has 1 aliphatic rings. The summed E-state index contributed by atoms with van der Waals surface area (Å²) in [5.41, 5.74) is 0. The normalized spacial score (nSPS) is 23.4. The summed E-state index contributed by atoms with van der Waals surface area (Å²) in [6, 6.07) is 0.0756. The van der Waals surface area contributed by atoms with Gasteiger partial charge >= 0.3 is 6.18 Å². The third-order valence-corrected chi connectivity index (χ3v) is 2.60. The minimum atomic E-state index is -4.07. The van der Waals surface area contributed by atoms with E-state index in [0.29, 0.717) is 0 Å². The second kappa shape index (κ2) is 6.55. The molecule has 0 aliphatic carbocycles. The van der Waals surface area contributed by atoms with E-state index in [-0.39, 0.29) is 18.4 Å². The molecule has 1 N–H and O–H groups in total. The lowest BCUT2D eigenvalue weighted by molar-refractivity contribution is -0.147. The van der Waals surface area contributed by atoms with Crippen molar-refractivity contribution in [1.82, 2.24) is 10.2 Å². The zero-order chi connectivity index (χ0) is 10.6. The Balaban J connectivity index is 0.00000196. The predicted octanol–water partition coefficient (Wildman–Crippen LogP) is 2.04. The highest BCUT2D eigenvalue weighted by Crippen LogP contribution is 2.20. The fraction of sp³-hybridized carbons (Fsp3) is 1.00. The molecule has 0 aromatic rings. The third kappa shape index (κ3) is 6.22. The number of hydrogen-bond acceptors (Lipinski definition) is 2. The van der Waals surface area contributed by atoms with Gasteiger partial charge in [0.2, 0.25) is 0 Å². The lowest BCUT2D eigenvalue weighted by Gasteiger charge is -2.27. The van der Waals surface area contributed by atoms with Crippen molar-refractivity contribution in [2.75, 3.05) is 26.7 Å². The molecule has 0 bridgehead atoms. The monoisotopic (exact) mass is 246 g/mol. The fourth-order valence-electron chi connectivity index (χ4n) is 1.85. The van der Waals surface area contributed by atoms with Gasteiger partial charge in [0.1, 0.15) is 0 Å². The molecular formula is C9H18ClF3N2. The van der Waals surface area contributed by atoms with Crippen LogP contribution in [0.1, 0.15) is 19.3 Å². The first kappa shape index (κ1) is 15.0. The average Bonchev–Trinajstić information content (AvgIpc) is 2.27. The molecule has 0 saturated carbocycles. The van der Waals surface area contributed by atoms with Crippen LogP contribution in [0.2, 0.25) is 0 Å². The highest BCUT2D eigenvalue weighted by atomic mass is 35.5. The molecule has 1 rings (SSSR count). The molecule has 1 heterocycles. The van der Waals surface area contributed by atoms with Crippen molar-refractivity contribution in [3.63, 3.8) is 0 Å². The largest absolute Gasteiger partial charge is 0.401 e. The van der Waals surface area contributed by atoms with Gasteiger partial charge in [-0.1, -0.05) is 0 Å². The van der Waals surface area contributed by atoms with Crippen molar-refractivity contribution in [3.05, 3.63) is 0 Å². The third-order valence-electron chi connectivity index (χ3n) is 2.60. The Morgan fingerprint density at radius 2 is 1.93 bits per heavy atom. The van der Waals surface area contributed by atoms with E-state index < -0.39 is 12.7 Å². The molecule has 6 heteroatoms. The van der Waals surface area contributed by atoms with Gasteiger partial charge in [0.05, 0.1) is 6.54 Å². The van der Waals surface area contributed by atoms with Gasteiger partial charge in [-0.25, -0.2) is 0 Å². The van der Waals surface area contributed by atoms with Gasteiger partial charge in [0, 0.05) is 6.04 Å². The van der Waals surface area contributed by atoms with E-state index in [2.05, 4.69) is 5.32 Å². The van der Waals surface area contributed by atoms with Gasteiger partial charge in [-0.05, 0) is 39.4 Å². The first-order valence-electron chi connectivity index (χ1n) is 4.97. The SMILES string of the molecule is CN(CC(F)(F)F)C1CCCNCC1.Cl. The maximum atomic E-state index is 12.1. The Morgan fingerprint density at radius 1 is 1.27 bits per heavy atom.